The van der Waals surface area contributed by atoms with Crippen molar-refractivity contribution in [1.82, 2.24) is 0 Å². The molecule has 0 aliphatic heterocycles. The van der Waals surface area contributed by atoms with Gasteiger partial charge in [-0.05, 0) is 44.0 Å². The first kappa shape index (κ1) is 15.0. The first-order valence-corrected chi connectivity index (χ1v) is 6.23. The second-order valence-electron chi connectivity index (χ2n) is 3.87. The molecule has 0 unspecified atom stereocenters. The number of phenolic OH excluding ortho intramolecular Hbond substituents is 1. The number of esters is 2. The highest BCUT2D eigenvalue weighted by molar-refractivity contribution is 5.89. The minimum atomic E-state index is -0.445. The van der Waals surface area contributed by atoms with Crippen LogP contribution in [0.5, 0.6) is 5.75 Å². The van der Waals surface area contributed by atoms with E-state index in [0.717, 1.165) is 0 Å². The summed E-state index contributed by atoms with van der Waals surface area (Å²) in [7, 11) is 0. The van der Waals surface area contributed by atoms with E-state index in [9.17, 15) is 14.7 Å². The zero-order valence-electron chi connectivity index (χ0n) is 11.1. The molecule has 0 atom stereocenters. The smallest absolute Gasteiger partial charge is 0.338 e. The maximum Gasteiger partial charge on any atom is 0.338 e. The number of phenols is 1. The second kappa shape index (κ2) is 7.41. The number of rotatable bonds is 6. The molecule has 5 heteroatoms. The predicted molar refractivity (Wildman–Crippen MR) is 69.0 cm³/mol. The first-order chi connectivity index (χ1) is 9.08. The van der Waals surface area contributed by atoms with Crippen LogP contribution in [0, 0.1) is 0 Å². The van der Waals surface area contributed by atoms with Crippen LogP contribution in [-0.4, -0.2) is 30.3 Å². The Morgan fingerprint density at radius 2 is 1.84 bits per heavy atom. The number of aryl methyl sites for hydroxylation is 1. The molecule has 5 nitrogen and oxygen atoms in total. The van der Waals surface area contributed by atoms with Gasteiger partial charge in [-0.25, -0.2) is 4.79 Å². The third-order valence-corrected chi connectivity index (χ3v) is 2.49. The van der Waals surface area contributed by atoms with Crippen molar-refractivity contribution < 1.29 is 24.2 Å². The van der Waals surface area contributed by atoms with Crippen LogP contribution in [0.2, 0.25) is 0 Å². The van der Waals surface area contributed by atoms with Crippen molar-refractivity contribution in [3.05, 3.63) is 29.3 Å². The Kier molecular flexibility index (Phi) is 5.85. The SMILES string of the molecule is CCOC(=O)CCc1cc(C(=O)OCC)ccc1O. The summed E-state index contributed by atoms with van der Waals surface area (Å²) in [5.41, 5.74) is 0.886. The third kappa shape index (κ3) is 4.62. The zero-order chi connectivity index (χ0) is 14.3. The fraction of sp³-hybridized carbons (Fsp3) is 0.429. The van der Waals surface area contributed by atoms with Gasteiger partial charge >= 0.3 is 11.9 Å². The Hall–Kier alpha value is -2.04. The molecular formula is C14H18O5. The van der Waals surface area contributed by atoms with Crippen molar-refractivity contribution in [3.8, 4) is 5.75 Å². The van der Waals surface area contributed by atoms with Crippen molar-refractivity contribution in [3.63, 3.8) is 0 Å². The molecule has 0 bridgehead atoms. The fourth-order valence-electron chi connectivity index (χ4n) is 1.60. The van der Waals surface area contributed by atoms with E-state index in [2.05, 4.69) is 0 Å². The van der Waals surface area contributed by atoms with Crippen molar-refractivity contribution in [2.75, 3.05) is 13.2 Å². The first-order valence-electron chi connectivity index (χ1n) is 6.23. The van der Waals surface area contributed by atoms with Crippen molar-refractivity contribution in [2.45, 2.75) is 26.7 Å². The van der Waals surface area contributed by atoms with Crippen LogP contribution in [0.1, 0.15) is 36.2 Å². The van der Waals surface area contributed by atoms with Gasteiger partial charge in [0, 0.05) is 6.42 Å². The third-order valence-electron chi connectivity index (χ3n) is 2.49. The van der Waals surface area contributed by atoms with Gasteiger partial charge in [0.1, 0.15) is 5.75 Å². The second-order valence-corrected chi connectivity index (χ2v) is 3.87. The summed E-state index contributed by atoms with van der Waals surface area (Å²) < 4.78 is 9.68. The summed E-state index contributed by atoms with van der Waals surface area (Å²) in [4.78, 5) is 22.8. The predicted octanol–water partition coefficient (Wildman–Crippen LogP) is 2.06. The minimum Gasteiger partial charge on any atom is -0.508 e. The summed E-state index contributed by atoms with van der Waals surface area (Å²) in [6, 6.07) is 4.44. The van der Waals surface area contributed by atoms with E-state index in [-0.39, 0.29) is 24.7 Å². The summed E-state index contributed by atoms with van der Waals surface area (Å²) in [5, 5.41) is 9.69. The number of hydrogen-bond donors (Lipinski definition) is 1. The van der Waals surface area contributed by atoms with Gasteiger partial charge in [-0.2, -0.15) is 0 Å². The molecule has 0 saturated carbocycles. The summed E-state index contributed by atoms with van der Waals surface area (Å²) >= 11 is 0. The van der Waals surface area contributed by atoms with Gasteiger partial charge in [0.05, 0.1) is 18.8 Å². The Morgan fingerprint density at radius 1 is 1.16 bits per heavy atom. The van der Waals surface area contributed by atoms with Crippen LogP contribution in [0.3, 0.4) is 0 Å². The molecular weight excluding hydrogens is 248 g/mol. The maximum atomic E-state index is 11.6. The Labute approximate surface area is 112 Å². The van der Waals surface area contributed by atoms with Crippen LogP contribution >= 0.6 is 0 Å². The Bertz CT molecular complexity index is 453. The average molecular weight is 266 g/mol. The van der Waals surface area contributed by atoms with Gasteiger partial charge in [0.2, 0.25) is 0 Å². The lowest BCUT2D eigenvalue weighted by molar-refractivity contribution is -0.143. The highest BCUT2D eigenvalue weighted by Gasteiger charge is 2.11. The number of ether oxygens (including phenoxy) is 2. The molecule has 0 heterocycles. The lowest BCUT2D eigenvalue weighted by Gasteiger charge is -2.07. The molecule has 1 rings (SSSR count). The number of aromatic hydroxyl groups is 1. The van der Waals surface area contributed by atoms with E-state index in [1.165, 1.54) is 18.2 Å². The molecule has 0 radical (unpaired) electrons. The molecule has 0 spiro atoms. The van der Waals surface area contributed by atoms with Gasteiger partial charge < -0.3 is 14.6 Å². The van der Waals surface area contributed by atoms with Crippen molar-refractivity contribution in [1.29, 1.82) is 0 Å². The molecule has 1 aromatic rings. The van der Waals surface area contributed by atoms with Crippen molar-refractivity contribution in [2.24, 2.45) is 0 Å². The zero-order valence-corrected chi connectivity index (χ0v) is 11.1. The van der Waals surface area contributed by atoms with E-state index < -0.39 is 5.97 Å². The van der Waals surface area contributed by atoms with Gasteiger partial charge in [-0.3, -0.25) is 4.79 Å². The molecule has 0 aliphatic carbocycles. The van der Waals surface area contributed by atoms with E-state index in [4.69, 9.17) is 9.47 Å². The lowest BCUT2D eigenvalue weighted by atomic mass is 10.1. The number of carbonyl (C=O) groups is 2. The van der Waals surface area contributed by atoms with Gasteiger partial charge in [-0.15, -0.1) is 0 Å². The molecule has 0 amide bonds. The fourth-order valence-corrected chi connectivity index (χ4v) is 1.60. The molecule has 0 saturated heterocycles. The standard InChI is InChI=1S/C14H18O5/c1-3-18-13(16)8-6-10-9-11(5-7-12(10)15)14(17)19-4-2/h5,7,9,15H,3-4,6,8H2,1-2H3. The van der Waals surface area contributed by atoms with E-state index in [0.29, 0.717) is 24.2 Å². The number of carbonyl (C=O) groups excluding carboxylic acids is 2. The maximum absolute atomic E-state index is 11.6. The van der Waals surface area contributed by atoms with Crippen LogP contribution in [0.4, 0.5) is 0 Å². The summed E-state index contributed by atoms with van der Waals surface area (Å²) in [6.07, 6.45) is 0.478. The molecule has 104 valence electrons. The lowest BCUT2D eigenvalue weighted by Crippen LogP contribution is -2.07. The summed E-state index contributed by atoms with van der Waals surface area (Å²) in [6.45, 7) is 4.07. The molecule has 1 N–H and O–H groups in total. The molecule has 19 heavy (non-hydrogen) atoms. The van der Waals surface area contributed by atoms with Crippen LogP contribution in [0.15, 0.2) is 18.2 Å². The summed E-state index contributed by atoms with van der Waals surface area (Å²) in [5.74, 6) is -0.722. The minimum absolute atomic E-state index is 0.0531. The van der Waals surface area contributed by atoms with Gasteiger partial charge in [-0.1, -0.05) is 0 Å². The Balaban J connectivity index is 2.74. The average Bonchev–Trinajstić information content (AvgIpc) is 2.38. The normalized spacial score (nSPS) is 10.0. The number of hydrogen-bond acceptors (Lipinski definition) is 5. The van der Waals surface area contributed by atoms with Gasteiger partial charge in [0.15, 0.2) is 0 Å². The van der Waals surface area contributed by atoms with Crippen LogP contribution < -0.4 is 0 Å². The quantitative estimate of drug-likeness (QED) is 0.798. The highest BCUT2D eigenvalue weighted by Crippen LogP contribution is 2.20. The molecule has 0 aliphatic rings. The van der Waals surface area contributed by atoms with Crippen molar-refractivity contribution >= 4 is 11.9 Å². The number of benzene rings is 1. The largest absolute Gasteiger partial charge is 0.508 e. The van der Waals surface area contributed by atoms with E-state index in [1.54, 1.807) is 13.8 Å². The molecule has 0 aromatic heterocycles. The molecule has 1 aromatic carbocycles. The van der Waals surface area contributed by atoms with Crippen LogP contribution in [0.25, 0.3) is 0 Å². The van der Waals surface area contributed by atoms with Gasteiger partial charge in [0.25, 0.3) is 0 Å². The highest BCUT2D eigenvalue weighted by atomic mass is 16.5. The Morgan fingerprint density at radius 3 is 2.47 bits per heavy atom. The molecule has 0 fully saturated rings. The van der Waals surface area contributed by atoms with E-state index in [1.807, 2.05) is 0 Å². The topological polar surface area (TPSA) is 72.8 Å². The monoisotopic (exact) mass is 266 g/mol. The van der Waals surface area contributed by atoms with Crippen LogP contribution in [-0.2, 0) is 20.7 Å². The van der Waals surface area contributed by atoms with E-state index >= 15 is 0 Å².